The lowest BCUT2D eigenvalue weighted by Crippen LogP contribution is -1.92. The summed E-state index contributed by atoms with van der Waals surface area (Å²) in [5.74, 6) is 0. The minimum absolute atomic E-state index is 0.916. The zero-order valence-electron chi connectivity index (χ0n) is 25.8. The first-order valence-electron chi connectivity index (χ1n) is 16.4. The first-order valence-corrected chi connectivity index (χ1v) is 16.4. The summed E-state index contributed by atoms with van der Waals surface area (Å²) in [7, 11) is 0. The zero-order chi connectivity index (χ0) is 31.3. The maximum atomic E-state index is 6.38. The fourth-order valence-corrected chi connectivity index (χ4v) is 8.20. The van der Waals surface area contributed by atoms with Crippen LogP contribution in [0.4, 0.5) is 0 Å². The molecule has 9 aromatic carbocycles. The molecule has 0 aliphatic heterocycles. The SMILES string of the molecule is c1ccc2c(c1)oc1c(-c3ccc(-c4c5ccccc5c(-c5cc6cccc7oc8cccc5c8c67)c5ccccc45)cc3)cccc12. The van der Waals surface area contributed by atoms with Crippen LogP contribution in [-0.2, 0) is 0 Å². The van der Waals surface area contributed by atoms with E-state index in [4.69, 9.17) is 8.83 Å². The molecule has 2 heteroatoms. The number of rotatable bonds is 3. The van der Waals surface area contributed by atoms with Gasteiger partial charge >= 0.3 is 0 Å². The predicted molar refractivity (Wildman–Crippen MR) is 201 cm³/mol. The smallest absolute Gasteiger partial charge is 0.143 e. The summed E-state index contributed by atoms with van der Waals surface area (Å²) in [6, 6.07) is 56.6. The fraction of sp³-hybridized carbons (Fsp3) is 0. The molecule has 0 saturated heterocycles. The van der Waals surface area contributed by atoms with E-state index >= 15 is 0 Å². The molecule has 0 bridgehead atoms. The second-order valence-electron chi connectivity index (χ2n) is 12.8. The highest BCUT2D eigenvalue weighted by atomic mass is 16.3. The van der Waals surface area contributed by atoms with Gasteiger partial charge in [0.05, 0.1) is 0 Å². The summed E-state index contributed by atoms with van der Waals surface area (Å²) >= 11 is 0. The van der Waals surface area contributed by atoms with E-state index in [2.05, 4.69) is 146 Å². The van der Waals surface area contributed by atoms with Crippen molar-refractivity contribution in [2.24, 2.45) is 0 Å². The van der Waals surface area contributed by atoms with E-state index in [0.717, 1.165) is 44.2 Å². The Morgan fingerprint density at radius 3 is 1.60 bits per heavy atom. The summed E-state index contributed by atoms with van der Waals surface area (Å²) < 4.78 is 12.7. The molecule has 0 aliphatic rings. The highest BCUT2D eigenvalue weighted by Crippen LogP contribution is 2.48. The van der Waals surface area contributed by atoms with Crippen LogP contribution in [0.25, 0.3) is 110 Å². The predicted octanol–water partition coefficient (Wildman–Crippen LogP) is 13.4. The lowest BCUT2D eigenvalue weighted by atomic mass is 9.83. The summed E-state index contributed by atoms with van der Waals surface area (Å²) in [6.07, 6.45) is 0. The number of furan rings is 2. The largest absolute Gasteiger partial charge is 0.456 e. The number of hydrogen-bond donors (Lipinski definition) is 0. The van der Waals surface area contributed by atoms with Crippen molar-refractivity contribution in [3.63, 3.8) is 0 Å². The average Bonchev–Trinajstić information content (AvgIpc) is 3.73. The van der Waals surface area contributed by atoms with Crippen molar-refractivity contribution in [3.8, 4) is 33.4 Å². The Hall–Kier alpha value is -6.38. The van der Waals surface area contributed by atoms with Gasteiger partial charge in [-0.25, -0.2) is 0 Å². The molecule has 2 nitrogen and oxygen atoms in total. The summed E-state index contributed by atoms with van der Waals surface area (Å²) in [6.45, 7) is 0. The quantitative estimate of drug-likeness (QED) is 0.147. The van der Waals surface area contributed by atoms with E-state index < -0.39 is 0 Å². The van der Waals surface area contributed by atoms with Crippen LogP contribution in [0.3, 0.4) is 0 Å². The van der Waals surface area contributed by atoms with Crippen molar-refractivity contribution in [2.45, 2.75) is 0 Å². The van der Waals surface area contributed by atoms with Crippen LogP contribution in [-0.4, -0.2) is 0 Å². The second kappa shape index (κ2) is 9.57. The lowest BCUT2D eigenvalue weighted by Gasteiger charge is -2.19. The third kappa shape index (κ3) is 3.46. The van der Waals surface area contributed by atoms with E-state index in [-0.39, 0.29) is 0 Å². The molecule has 0 saturated carbocycles. The highest BCUT2D eigenvalue weighted by Gasteiger charge is 2.21. The van der Waals surface area contributed by atoms with Crippen LogP contribution < -0.4 is 0 Å². The Kier molecular flexibility index (Phi) is 5.14. The fourth-order valence-electron chi connectivity index (χ4n) is 8.20. The van der Waals surface area contributed by atoms with Gasteiger partial charge in [0.2, 0.25) is 0 Å². The minimum Gasteiger partial charge on any atom is -0.456 e. The summed E-state index contributed by atoms with van der Waals surface area (Å²) in [5.41, 5.74) is 10.9. The molecule has 0 atom stereocenters. The lowest BCUT2D eigenvalue weighted by molar-refractivity contribution is 0.669. The van der Waals surface area contributed by atoms with Crippen LogP contribution >= 0.6 is 0 Å². The standard InChI is InChI=1S/C46H26O2/c1-3-14-34-32(12-1)42(28-24-22-27(23-25-28)30-16-8-18-37-31-11-5-6-19-39(31)48-46(30)37)33-13-2-4-15-35(33)44(34)38-26-29-10-7-20-40-43(29)45-36(38)17-9-21-41(45)47-40/h1-26H. The van der Waals surface area contributed by atoms with Gasteiger partial charge in [-0.05, 0) is 84.4 Å². The normalized spacial score (nSPS) is 12.2. The molecule has 2 heterocycles. The molecule has 0 amide bonds. The van der Waals surface area contributed by atoms with Crippen molar-refractivity contribution in [1.29, 1.82) is 0 Å². The monoisotopic (exact) mass is 610 g/mol. The van der Waals surface area contributed by atoms with E-state index in [0.29, 0.717) is 0 Å². The highest BCUT2D eigenvalue weighted by molar-refractivity contribution is 6.29. The van der Waals surface area contributed by atoms with Crippen LogP contribution in [0.15, 0.2) is 167 Å². The van der Waals surface area contributed by atoms with E-state index in [1.54, 1.807) is 0 Å². The topological polar surface area (TPSA) is 26.3 Å². The maximum Gasteiger partial charge on any atom is 0.143 e. The molecule has 0 unspecified atom stereocenters. The first kappa shape index (κ1) is 25.8. The third-order valence-corrected chi connectivity index (χ3v) is 10.2. The number of benzene rings is 9. The van der Waals surface area contributed by atoms with Gasteiger partial charge in [-0.2, -0.15) is 0 Å². The van der Waals surface area contributed by atoms with Crippen molar-refractivity contribution < 1.29 is 8.83 Å². The maximum absolute atomic E-state index is 6.38. The van der Waals surface area contributed by atoms with Gasteiger partial charge in [0.1, 0.15) is 22.3 Å². The van der Waals surface area contributed by atoms with Gasteiger partial charge in [0.25, 0.3) is 0 Å². The molecule has 0 fully saturated rings. The first-order chi connectivity index (χ1) is 23.8. The van der Waals surface area contributed by atoms with Crippen LogP contribution in [0.5, 0.6) is 0 Å². The van der Waals surface area contributed by atoms with Crippen molar-refractivity contribution in [1.82, 2.24) is 0 Å². The van der Waals surface area contributed by atoms with Gasteiger partial charge in [0.15, 0.2) is 0 Å². The molecule has 48 heavy (non-hydrogen) atoms. The van der Waals surface area contributed by atoms with Crippen molar-refractivity contribution in [2.75, 3.05) is 0 Å². The molecule has 11 aromatic rings. The second-order valence-corrected chi connectivity index (χ2v) is 12.8. The van der Waals surface area contributed by atoms with Gasteiger partial charge in [-0.1, -0.05) is 133 Å². The molecule has 0 spiro atoms. The molecule has 0 radical (unpaired) electrons. The van der Waals surface area contributed by atoms with Crippen LogP contribution in [0.2, 0.25) is 0 Å². The Bertz CT molecular complexity index is 2990. The molecule has 11 rings (SSSR count). The number of fused-ring (bicyclic) bond motifs is 5. The Balaban J connectivity index is 1.16. The van der Waals surface area contributed by atoms with Gasteiger partial charge in [-0.15, -0.1) is 0 Å². The molecular weight excluding hydrogens is 585 g/mol. The van der Waals surface area contributed by atoms with Crippen LogP contribution in [0, 0.1) is 0 Å². The summed E-state index contributed by atoms with van der Waals surface area (Å²) in [5, 5.41) is 12.1. The molecule has 0 aliphatic carbocycles. The molecular formula is C46H26O2. The summed E-state index contributed by atoms with van der Waals surface area (Å²) in [4.78, 5) is 0. The van der Waals surface area contributed by atoms with E-state index in [9.17, 15) is 0 Å². The third-order valence-electron chi connectivity index (χ3n) is 10.2. The molecule has 2 aromatic heterocycles. The van der Waals surface area contributed by atoms with E-state index in [1.807, 2.05) is 12.1 Å². The Labute approximate surface area is 275 Å². The molecule has 0 N–H and O–H groups in total. The number of hydrogen-bond acceptors (Lipinski definition) is 2. The minimum atomic E-state index is 0.916. The van der Waals surface area contributed by atoms with Crippen molar-refractivity contribution in [3.05, 3.63) is 158 Å². The zero-order valence-corrected chi connectivity index (χ0v) is 25.8. The average molecular weight is 611 g/mol. The Morgan fingerprint density at radius 2 is 0.854 bits per heavy atom. The Morgan fingerprint density at radius 1 is 0.312 bits per heavy atom. The van der Waals surface area contributed by atoms with Gasteiger partial charge < -0.3 is 8.83 Å². The molecule has 222 valence electrons. The van der Waals surface area contributed by atoms with E-state index in [1.165, 1.54) is 65.3 Å². The van der Waals surface area contributed by atoms with Crippen LogP contribution in [0.1, 0.15) is 0 Å². The number of para-hydroxylation sites is 2. The van der Waals surface area contributed by atoms with Gasteiger partial charge in [-0.3, -0.25) is 0 Å². The van der Waals surface area contributed by atoms with Gasteiger partial charge in [0, 0.05) is 27.1 Å². The van der Waals surface area contributed by atoms with Crippen molar-refractivity contribution >= 4 is 76.2 Å².